The first kappa shape index (κ1) is 20.3. The third-order valence-corrected chi connectivity index (χ3v) is 7.03. The Bertz CT molecular complexity index is 485. The van der Waals surface area contributed by atoms with E-state index in [-0.39, 0.29) is 30.8 Å². The average Bonchev–Trinajstić information content (AvgIpc) is 2.79. The molecule has 0 fully saturated rings. The quantitative estimate of drug-likeness (QED) is 0.573. The third kappa shape index (κ3) is 3.83. The van der Waals surface area contributed by atoms with Gasteiger partial charge in [0, 0.05) is 0 Å². The molecule has 3 aliphatic rings. The molecule has 0 radical (unpaired) electrons. The van der Waals surface area contributed by atoms with Crippen molar-refractivity contribution in [3.05, 3.63) is 22.3 Å². The van der Waals surface area contributed by atoms with Crippen LogP contribution >= 0.6 is 0 Å². The molecule has 3 rings (SSSR count). The number of hydrogen-bond acceptors (Lipinski definition) is 2. The molecule has 0 heterocycles. The number of halogens is 2. The zero-order valence-electron chi connectivity index (χ0n) is 13.4. The van der Waals surface area contributed by atoms with Crippen LogP contribution in [0.2, 0.25) is 4.22 Å². The van der Waals surface area contributed by atoms with E-state index in [2.05, 4.69) is 6.92 Å². The summed E-state index contributed by atoms with van der Waals surface area (Å²) in [4.78, 5) is 11.5. The minimum atomic E-state index is -0.614. The van der Waals surface area contributed by atoms with Crippen molar-refractivity contribution in [1.82, 2.24) is 0 Å². The molecule has 0 N–H and O–H groups in total. The second kappa shape index (κ2) is 8.92. The van der Waals surface area contributed by atoms with Crippen molar-refractivity contribution in [2.45, 2.75) is 69.4 Å². The van der Waals surface area contributed by atoms with Gasteiger partial charge in [-0.1, -0.05) is 0 Å². The van der Waals surface area contributed by atoms with E-state index >= 15 is 0 Å². The van der Waals surface area contributed by atoms with E-state index < -0.39 is 19.5 Å². The normalized spacial score (nSPS) is 26.3. The Morgan fingerprint density at radius 2 is 1.82 bits per heavy atom. The smallest absolute Gasteiger partial charge is 1.00 e. The van der Waals surface area contributed by atoms with Gasteiger partial charge in [0.15, 0.2) is 0 Å². The molecule has 5 heteroatoms. The van der Waals surface area contributed by atoms with E-state index in [1.807, 2.05) is 6.92 Å². The maximum absolute atomic E-state index is 11.5. The number of carbonyl (C=O) groups is 1. The van der Waals surface area contributed by atoms with E-state index in [4.69, 9.17) is 3.32 Å². The fourth-order valence-corrected chi connectivity index (χ4v) is 6.17. The van der Waals surface area contributed by atoms with Gasteiger partial charge in [-0.2, -0.15) is 0 Å². The molecule has 122 valence electrons. The summed E-state index contributed by atoms with van der Waals surface area (Å²) >= 11 is -0.614. The van der Waals surface area contributed by atoms with Crippen molar-refractivity contribution in [1.29, 1.82) is 0 Å². The molecule has 22 heavy (non-hydrogen) atoms. The Morgan fingerprint density at radius 1 is 1.14 bits per heavy atom. The number of fused-ring (bicyclic) bond motifs is 1. The molecule has 2 unspecified atom stereocenters. The van der Waals surface area contributed by atoms with Gasteiger partial charge in [0.05, 0.1) is 0 Å². The van der Waals surface area contributed by atoms with Gasteiger partial charge in [-0.3, -0.25) is 0 Å². The van der Waals surface area contributed by atoms with Crippen LogP contribution in [0.1, 0.15) is 65.2 Å². The van der Waals surface area contributed by atoms with Crippen molar-refractivity contribution in [3.8, 4) is 0 Å². The molecular weight excluding hydrogens is 355 g/mol. The molecule has 2 nitrogen and oxygen atoms in total. The zero-order chi connectivity index (χ0) is 14.1. The van der Waals surface area contributed by atoms with Crippen LogP contribution in [0.4, 0.5) is 0 Å². The second-order valence-corrected chi connectivity index (χ2v) is 8.03. The van der Waals surface area contributed by atoms with Crippen LogP contribution in [0.25, 0.3) is 0 Å². The maximum Gasteiger partial charge on any atom is -1.00 e. The zero-order valence-corrected chi connectivity index (χ0v) is 16.5. The van der Waals surface area contributed by atoms with Gasteiger partial charge < -0.3 is 24.8 Å². The van der Waals surface area contributed by atoms with Crippen LogP contribution in [0.15, 0.2) is 22.3 Å². The van der Waals surface area contributed by atoms with Gasteiger partial charge in [0.1, 0.15) is 0 Å². The Kier molecular flexibility index (Phi) is 8.23. The first-order valence-electron chi connectivity index (χ1n) is 8.12. The Balaban J connectivity index is 0.00000121. The first-order valence-corrected chi connectivity index (χ1v) is 9.66. The van der Waals surface area contributed by atoms with E-state index in [1.54, 1.807) is 22.3 Å². The van der Waals surface area contributed by atoms with Crippen LogP contribution in [0.5, 0.6) is 0 Å². The van der Waals surface area contributed by atoms with Gasteiger partial charge >= 0.3 is 131 Å². The molecule has 0 saturated carbocycles. The Hall–Kier alpha value is 0.244. The fraction of sp³-hybridized carbons (Fsp3) is 0.706. The number of rotatable bonds is 3. The number of allylic oxidation sites excluding steroid dienone is 4. The van der Waals surface area contributed by atoms with E-state index in [0.717, 1.165) is 0 Å². The monoisotopic (exact) mass is 378 g/mol. The Labute approximate surface area is 155 Å². The molecule has 0 bridgehead atoms. The molecule has 3 aliphatic carbocycles. The van der Waals surface area contributed by atoms with Crippen molar-refractivity contribution < 1.29 is 52.5 Å². The number of carbonyl (C=O) groups excluding carboxylic acids is 1. The molecule has 0 aromatic heterocycles. The summed E-state index contributed by atoms with van der Waals surface area (Å²) in [6.07, 6.45) is 9.70. The van der Waals surface area contributed by atoms with Gasteiger partial charge in [-0.25, -0.2) is 0 Å². The maximum atomic E-state index is 11.5. The van der Waals surface area contributed by atoms with Crippen LogP contribution in [-0.4, -0.2) is 5.97 Å². The fourth-order valence-electron chi connectivity index (χ4n) is 4.15. The summed E-state index contributed by atoms with van der Waals surface area (Å²) in [6.45, 7) is 4.29. The topological polar surface area (TPSA) is 26.3 Å². The van der Waals surface area contributed by atoms with Crippen molar-refractivity contribution in [2.75, 3.05) is 0 Å². The van der Waals surface area contributed by atoms with Crippen LogP contribution in [0.3, 0.4) is 0 Å². The summed E-state index contributed by atoms with van der Waals surface area (Å²) in [5, 5.41) is 0. The Morgan fingerprint density at radius 3 is 2.55 bits per heavy atom. The third-order valence-electron chi connectivity index (χ3n) is 5.11. The molecule has 2 atom stereocenters. The summed E-state index contributed by atoms with van der Waals surface area (Å²) in [7, 11) is 0. The molecule has 0 spiro atoms. The summed E-state index contributed by atoms with van der Waals surface area (Å²) in [6, 6.07) is 0. The van der Waals surface area contributed by atoms with Gasteiger partial charge in [0.2, 0.25) is 0 Å². The van der Waals surface area contributed by atoms with Crippen LogP contribution in [0, 0.1) is 5.92 Å². The summed E-state index contributed by atoms with van der Waals surface area (Å²) < 4.78 is 6.18. The van der Waals surface area contributed by atoms with Crippen molar-refractivity contribution in [3.63, 3.8) is 0 Å². The molecular formula is C17H24Cl2O2Ti. The SMILES string of the molecule is CCC(=O)[O][Ti+2][CH]1CCCC2=C1C(C)C1=C2CCCC1.[Cl-].[Cl-]. The molecule has 0 aliphatic heterocycles. The predicted molar refractivity (Wildman–Crippen MR) is 75.7 cm³/mol. The van der Waals surface area contributed by atoms with Gasteiger partial charge in [-0.05, 0) is 0 Å². The molecule has 0 aromatic rings. The standard InChI is InChI=1S/C14H19.C3H6O2.2ClH.Ti/c1-10-11-6-2-4-8-13(11)14-9-5-3-7-12(10)14;1-2-3(4)5;;;/h6,10H,2-5,7-9H2,1H3;2H2,1H3,(H,4,5);2*1H;/q;;;;+3/p-3. The number of hydrogen-bond donors (Lipinski definition) is 0. The molecule has 0 amide bonds. The first-order chi connectivity index (χ1) is 9.72. The molecule has 0 saturated heterocycles. The van der Waals surface area contributed by atoms with Crippen molar-refractivity contribution >= 4 is 5.97 Å². The van der Waals surface area contributed by atoms with Crippen LogP contribution < -0.4 is 24.8 Å². The van der Waals surface area contributed by atoms with E-state index in [0.29, 0.717) is 16.6 Å². The minimum Gasteiger partial charge on any atom is -1.00 e. The molecule has 0 aromatic carbocycles. The minimum absolute atomic E-state index is 0. The summed E-state index contributed by atoms with van der Waals surface area (Å²) in [5.74, 6) is 0.649. The predicted octanol–water partition coefficient (Wildman–Crippen LogP) is -1.27. The largest absolute Gasteiger partial charge is 1.00 e. The van der Waals surface area contributed by atoms with Gasteiger partial charge in [-0.15, -0.1) is 0 Å². The average molecular weight is 379 g/mol. The van der Waals surface area contributed by atoms with E-state index in [9.17, 15) is 4.79 Å². The summed E-state index contributed by atoms with van der Waals surface area (Å²) in [5.41, 5.74) is 6.84. The second-order valence-electron chi connectivity index (χ2n) is 6.26. The van der Waals surface area contributed by atoms with Crippen LogP contribution in [-0.2, 0) is 27.7 Å². The van der Waals surface area contributed by atoms with Gasteiger partial charge in [0.25, 0.3) is 0 Å². The van der Waals surface area contributed by atoms with Crippen molar-refractivity contribution in [2.24, 2.45) is 5.92 Å². The van der Waals surface area contributed by atoms with E-state index in [1.165, 1.54) is 44.9 Å².